The van der Waals surface area contributed by atoms with Gasteiger partial charge in [-0.1, -0.05) is 51.5 Å². The molecule has 98 valence electrons. The number of hydrogen-bond acceptors (Lipinski definition) is 3. The summed E-state index contributed by atoms with van der Waals surface area (Å²) in [4.78, 5) is 2.36. The number of unbranched alkanes of at least 4 members (excludes halogenated alkanes) is 4. The molecule has 0 fully saturated rings. The minimum absolute atomic E-state index is 1.15. The Morgan fingerprint density at radius 2 is 1.56 bits per heavy atom. The molecule has 2 nitrogen and oxygen atoms in total. The number of nitrogens with zero attached hydrogens (tertiary/aromatic N) is 2. The lowest BCUT2D eigenvalue weighted by molar-refractivity contribution is 0.375. The van der Waals surface area contributed by atoms with Crippen LogP contribution in [0, 0.1) is 0 Å². The van der Waals surface area contributed by atoms with Crippen LogP contribution in [0.2, 0.25) is 0 Å². The molecule has 0 aromatic carbocycles. The van der Waals surface area contributed by atoms with Gasteiger partial charge in [-0.15, -0.1) is 0 Å². The average Bonchev–Trinajstić information content (AvgIpc) is 2.28. The Kier molecular flexibility index (Phi) is 11.9. The van der Waals surface area contributed by atoms with Crippen LogP contribution in [0.25, 0.3) is 0 Å². The molecule has 0 spiro atoms. The van der Waals surface area contributed by atoms with Crippen molar-refractivity contribution in [2.24, 2.45) is 0 Å². The Balaban J connectivity index is 3.21. The van der Waals surface area contributed by atoms with Gasteiger partial charge in [0.15, 0.2) is 0 Å². The first kappa shape index (κ1) is 16.3. The first-order chi connectivity index (χ1) is 7.70. The molecule has 0 rings (SSSR count). The minimum atomic E-state index is 1.15. The van der Waals surface area contributed by atoms with E-state index < -0.39 is 0 Å². The smallest absolute Gasteiger partial charge is 0.0208 e. The van der Waals surface area contributed by atoms with Crippen molar-refractivity contribution in [1.29, 1.82) is 0 Å². The topological polar surface area (TPSA) is 6.48 Å². The minimum Gasteiger partial charge on any atom is -0.306 e. The second-order valence-corrected chi connectivity index (χ2v) is 5.78. The second-order valence-electron chi connectivity index (χ2n) is 4.49. The third kappa shape index (κ3) is 10.8. The zero-order valence-electron chi connectivity index (χ0n) is 11.7. The molecule has 0 atom stereocenters. The van der Waals surface area contributed by atoms with Gasteiger partial charge in [0.25, 0.3) is 0 Å². The van der Waals surface area contributed by atoms with Crippen LogP contribution in [0.15, 0.2) is 0 Å². The van der Waals surface area contributed by atoms with Crippen molar-refractivity contribution in [3.8, 4) is 0 Å². The largest absolute Gasteiger partial charge is 0.306 e. The van der Waals surface area contributed by atoms with Crippen molar-refractivity contribution in [1.82, 2.24) is 9.21 Å². The quantitative estimate of drug-likeness (QED) is 0.407. The molecule has 0 aromatic heterocycles. The molecule has 0 radical (unpaired) electrons. The maximum Gasteiger partial charge on any atom is 0.0208 e. The van der Waals surface area contributed by atoms with Gasteiger partial charge >= 0.3 is 0 Å². The molecular weight excluding hydrogens is 216 g/mol. The lowest BCUT2D eigenvalue weighted by Crippen LogP contribution is -2.22. The highest BCUT2D eigenvalue weighted by molar-refractivity contribution is 7.97. The first-order valence-electron chi connectivity index (χ1n) is 6.73. The molecule has 0 aliphatic rings. The van der Waals surface area contributed by atoms with Crippen molar-refractivity contribution in [3.05, 3.63) is 0 Å². The highest BCUT2D eigenvalue weighted by Crippen LogP contribution is 2.10. The molecule has 0 aliphatic heterocycles. The van der Waals surface area contributed by atoms with E-state index in [1.807, 2.05) is 11.9 Å². The Labute approximate surface area is 107 Å². The summed E-state index contributed by atoms with van der Waals surface area (Å²) in [6, 6.07) is 0. The zero-order chi connectivity index (χ0) is 12.2. The molecule has 0 saturated carbocycles. The SMILES string of the molecule is CCCCCCCN(C)SCCN(C)CC. The van der Waals surface area contributed by atoms with Gasteiger partial charge in [-0.25, -0.2) is 0 Å². The Morgan fingerprint density at radius 1 is 0.875 bits per heavy atom. The maximum absolute atomic E-state index is 2.40. The summed E-state index contributed by atoms with van der Waals surface area (Å²) in [5.41, 5.74) is 0. The molecule has 0 aliphatic carbocycles. The van der Waals surface area contributed by atoms with Crippen LogP contribution in [0.5, 0.6) is 0 Å². The van der Waals surface area contributed by atoms with Crippen LogP contribution in [-0.4, -0.2) is 48.7 Å². The Morgan fingerprint density at radius 3 is 2.19 bits per heavy atom. The summed E-state index contributed by atoms with van der Waals surface area (Å²) >= 11 is 1.98. The van der Waals surface area contributed by atoms with Gasteiger partial charge in [0.1, 0.15) is 0 Å². The molecule has 0 saturated heterocycles. The van der Waals surface area contributed by atoms with E-state index in [1.54, 1.807) is 0 Å². The predicted octanol–water partition coefficient (Wildman–Crippen LogP) is 3.49. The predicted molar refractivity (Wildman–Crippen MR) is 77.0 cm³/mol. The van der Waals surface area contributed by atoms with Gasteiger partial charge in [-0.05, 0) is 27.1 Å². The Bertz CT molecular complexity index is 142. The van der Waals surface area contributed by atoms with Crippen molar-refractivity contribution < 1.29 is 0 Å². The van der Waals surface area contributed by atoms with E-state index >= 15 is 0 Å². The third-order valence-corrected chi connectivity index (χ3v) is 3.89. The summed E-state index contributed by atoms with van der Waals surface area (Å²) < 4.78 is 2.40. The molecule has 0 N–H and O–H groups in total. The van der Waals surface area contributed by atoms with E-state index in [0.717, 1.165) is 6.54 Å². The van der Waals surface area contributed by atoms with Gasteiger partial charge in [-0.2, -0.15) is 0 Å². The van der Waals surface area contributed by atoms with Crippen LogP contribution in [-0.2, 0) is 0 Å². The summed E-state index contributed by atoms with van der Waals surface area (Å²) in [5.74, 6) is 1.22. The molecule has 3 heteroatoms. The van der Waals surface area contributed by atoms with E-state index in [2.05, 4.69) is 37.1 Å². The summed E-state index contributed by atoms with van der Waals surface area (Å²) in [7, 11) is 4.40. The Hall–Kier alpha value is 0.270. The molecule has 16 heavy (non-hydrogen) atoms. The van der Waals surface area contributed by atoms with Gasteiger partial charge < -0.3 is 4.90 Å². The second kappa shape index (κ2) is 11.7. The van der Waals surface area contributed by atoms with Gasteiger partial charge in [0, 0.05) is 18.8 Å². The van der Waals surface area contributed by atoms with E-state index in [4.69, 9.17) is 0 Å². The highest BCUT2D eigenvalue weighted by atomic mass is 32.2. The van der Waals surface area contributed by atoms with Crippen LogP contribution >= 0.6 is 11.9 Å². The standard InChI is InChI=1S/C13H30N2S/c1-5-7-8-9-10-11-15(4)16-13-12-14(3)6-2/h5-13H2,1-4H3. The summed E-state index contributed by atoms with van der Waals surface area (Å²) in [6.07, 6.45) is 6.90. The third-order valence-electron chi connectivity index (χ3n) is 2.90. The number of rotatable bonds is 11. The van der Waals surface area contributed by atoms with E-state index in [-0.39, 0.29) is 0 Å². The van der Waals surface area contributed by atoms with E-state index in [9.17, 15) is 0 Å². The van der Waals surface area contributed by atoms with Gasteiger partial charge in [0.2, 0.25) is 0 Å². The zero-order valence-corrected chi connectivity index (χ0v) is 12.5. The van der Waals surface area contributed by atoms with Crippen LogP contribution < -0.4 is 0 Å². The maximum atomic E-state index is 2.40. The average molecular weight is 246 g/mol. The lowest BCUT2D eigenvalue weighted by Gasteiger charge is -2.18. The molecule has 0 amide bonds. The first-order valence-corrected chi connectivity index (χ1v) is 7.67. The van der Waals surface area contributed by atoms with E-state index in [1.165, 1.54) is 50.9 Å². The van der Waals surface area contributed by atoms with Crippen molar-refractivity contribution in [2.45, 2.75) is 46.0 Å². The fourth-order valence-corrected chi connectivity index (χ4v) is 2.48. The highest BCUT2D eigenvalue weighted by Gasteiger charge is 2.00. The monoisotopic (exact) mass is 246 g/mol. The van der Waals surface area contributed by atoms with Crippen LogP contribution in [0.3, 0.4) is 0 Å². The molecule has 0 unspecified atom stereocenters. The molecule has 0 aromatic rings. The molecular formula is C13H30N2S. The fourth-order valence-electron chi connectivity index (χ4n) is 1.51. The summed E-state index contributed by atoms with van der Waals surface area (Å²) in [5, 5.41) is 0. The molecule has 0 bridgehead atoms. The van der Waals surface area contributed by atoms with Gasteiger partial charge in [-0.3, -0.25) is 4.31 Å². The van der Waals surface area contributed by atoms with Crippen molar-refractivity contribution in [3.63, 3.8) is 0 Å². The molecule has 0 heterocycles. The van der Waals surface area contributed by atoms with Gasteiger partial charge in [0.05, 0.1) is 0 Å². The van der Waals surface area contributed by atoms with Crippen molar-refractivity contribution in [2.75, 3.05) is 39.5 Å². The van der Waals surface area contributed by atoms with E-state index in [0.29, 0.717) is 0 Å². The number of hydrogen-bond donors (Lipinski definition) is 0. The van der Waals surface area contributed by atoms with Crippen LogP contribution in [0.1, 0.15) is 46.0 Å². The lowest BCUT2D eigenvalue weighted by atomic mass is 10.1. The normalized spacial score (nSPS) is 11.6. The van der Waals surface area contributed by atoms with Crippen LogP contribution in [0.4, 0.5) is 0 Å². The fraction of sp³-hybridized carbons (Fsp3) is 1.00. The summed E-state index contributed by atoms with van der Waals surface area (Å²) in [6.45, 7) is 8.07. The van der Waals surface area contributed by atoms with Crippen molar-refractivity contribution >= 4 is 11.9 Å².